The van der Waals surface area contributed by atoms with Crippen molar-refractivity contribution in [3.05, 3.63) is 51.1 Å². The number of methoxy groups -OCH3 is 1. The van der Waals surface area contributed by atoms with Gasteiger partial charge in [0.15, 0.2) is 0 Å². The van der Waals surface area contributed by atoms with Crippen LogP contribution in [0.25, 0.3) is 0 Å². The summed E-state index contributed by atoms with van der Waals surface area (Å²) in [5, 5.41) is 0. The minimum Gasteiger partial charge on any atom is -0.481 e. The van der Waals surface area contributed by atoms with Crippen molar-refractivity contribution in [2.45, 2.75) is 39.3 Å². The third-order valence-electron chi connectivity index (χ3n) is 4.19. The molecule has 1 aliphatic heterocycles. The lowest BCUT2D eigenvalue weighted by molar-refractivity contribution is 0.236. The Morgan fingerprint density at radius 1 is 1.46 bits per heavy atom. The zero-order valence-corrected chi connectivity index (χ0v) is 14.1. The molecule has 2 aromatic rings. The van der Waals surface area contributed by atoms with E-state index in [4.69, 9.17) is 4.74 Å². The Hall–Kier alpha value is -2.28. The van der Waals surface area contributed by atoms with Crippen molar-refractivity contribution in [3.63, 3.8) is 0 Å². The van der Waals surface area contributed by atoms with Crippen molar-refractivity contribution in [1.29, 1.82) is 0 Å². The number of halogens is 1. The van der Waals surface area contributed by atoms with E-state index in [9.17, 15) is 9.18 Å². The quantitative estimate of drug-likeness (QED) is 0.927. The molecule has 3 rings (SSSR count). The van der Waals surface area contributed by atoms with E-state index in [0.717, 1.165) is 24.3 Å². The minimum atomic E-state index is -0.399. The molecule has 0 unspecified atom stereocenters. The number of hydrogen-bond acceptors (Lipinski definition) is 5. The molecule has 3 heterocycles. The smallest absolute Gasteiger partial charge is 0.255 e. The topological polar surface area (TPSA) is 71.1 Å². The number of H-pyrrole nitrogens is 1. The van der Waals surface area contributed by atoms with Gasteiger partial charge >= 0.3 is 0 Å². The molecule has 24 heavy (non-hydrogen) atoms. The van der Waals surface area contributed by atoms with E-state index < -0.39 is 5.82 Å². The Morgan fingerprint density at radius 2 is 2.25 bits per heavy atom. The van der Waals surface area contributed by atoms with Crippen LogP contribution in [-0.4, -0.2) is 33.5 Å². The van der Waals surface area contributed by atoms with Crippen molar-refractivity contribution < 1.29 is 9.13 Å². The van der Waals surface area contributed by atoms with E-state index in [1.54, 1.807) is 0 Å². The van der Waals surface area contributed by atoms with Crippen LogP contribution in [-0.2, 0) is 19.5 Å². The van der Waals surface area contributed by atoms with Gasteiger partial charge in [-0.3, -0.25) is 9.69 Å². The molecule has 128 valence electrons. The number of nitrogens with one attached hydrogen (secondary N) is 1. The van der Waals surface area contributed by atoms with Crippen molar-refractivity contribution >= 4 is 0 Å². The minimum absolute atomic E-state index is 0.0854. The Kier molecular flexibility index (Phi) is 4.62. The van der Waals surface area contributed by atoms with Gasteiger partial charge in [-0.1, -0.05) is 13.8 Å². The number of hydrogen-bond donors (Lipinski definition) is 1. The summed E-state index contributed by atoms with van der Waals surface area (Å²) >= 11 is 0. The maximum absolute atomic E-state index is 13.5. The zero-order chi connectivity index (χ0) is 17.3. The van der Waals surface area contributed by atoms with Crippen LogP contribution < -0.4 is 10.3 Å². The molecule has 0 atom stereocenters. The molecule has 0 spiro atoms. The van der Waals surface area contributed by atoms with Crippen molar-refractivity contribution in [2.75, 3.05) is 13.7 Å². The highest BCUT2D eigenvalue weighted by Crippen LogP contribution is 2.22. The van der Waals surface area contributed by atoms with Crippen molar-refractivity contribution in [3.8, 4) is 5.88 Å². The van der Waals surface area contributed by atoms with E-state index in [1.807, 2.05) is 13.8 Å². The van der Waals surface area contributed by atoms with Gasteiger partial charge in [-0.15, -0.1) is 0 Å². The second-order valence-electron chi connectivity index (χ2n) is 6.31. The highest BCUT2D eigenvalue weighted by atomic mass is 19.1. The highest BCUT2D eigenvalue weighted by molar-refractivity contribution is 5.27. The summed E-state index contributed by atoms with van der Waals surface area (Å²) in [6, 6.07) is 1.42. The molecule has 1 N–H and O–H groups in total. The molecular formula is C17H21FN4O2. The molecule has 7 heteroatoms. The van der Waals surface area contributed by atoms with Crippen LogP contribution in [0.4, 0.5) is 4.39 Å². The molecule has 1 aliphatic rings. The molecule has 0 radical (unpaired) electrons. The van der Waals surface area contributed by atoms with Gasteiger partial charge in [-0.05, 0) is 6.07 Å². The molecule has 0 saturated heterocycles. The number of nitrogens with zero attached hydrogens (tertiary/aromatic N) is 3. The van der Waals surface area contributed by atoms with Crippen LogP contribution in [0.5, 0.6) is 5.88 Å². The lowest BCUT2D eigenvalue weighted by atomic mass is 10.1. The molecule has 2 aromatic heterocycles. The Labute approximate surface area is 139 Å². The van der Waals surface area contributed by atoms with Gasteiger partial charge < -0.3 is 9.72 Å². The summed E-state index contributed by atoms with van der Waals surface area (Å²) in [4.78, 5) is 25.8. The van der Waals surface area contributed by atoms with Gasteiger partial charge in [0.1, 0.15) is 11.6 Å². The van der Waals surface area contributed by atoms with Gasteiger partial charge in [0, 0.05) is 37.5 Å². The van der Waals surface area contributed by atoms with Gasteiger partial charge in [-0.25, -0.2) is 14.4 Å². The van der Waals surface area contributed by atoms with Crippen molar-refractivity contribution in [2.24, 2.45) is 0 Å². The van der Waals surface area contributed by atoms with Crippen LogP contribution in [0.1, 0.15) is 42.4 Å². The number of pyridine rings is 1. The van der Waals surface area contributed by atoms with Gasteiger partial charge in [0.05, 0.1) is 24.6 Å². The van der Waals surface area contributed by atoms with Gasteiger partial charge in [0.25, 0.3) is 5.56 Å². The summed E-state index contributed by atoms with van der Waals surface area (Å²) in [6.45, 7) is 5.71. The fourth-order valence-corrected chi connectivity index (χ4v) is 2.92. The van der Waals surface area contributed by atoms with Crippen LogP contribution in [0, 0.1) is 5.82 Å². The van der Waals surface area contributed by atoms with Crippen LogP contribution >= 0.6 is 0 Å². The van der Waals surface area contributed by atoms with E-state index >= 15 is 0 Å². The second kappa shape index (κ2) is 6.68. The average molecular weight is 332 g/mol. The first-order chi connectivity index (χ1) is 11.5. The number of aromatic nitrogens is 3. The summed E-state index contributed by atoms with van der Waals surface area (Å²) < 4.78 is 18.7. The summed E-state index contributed by atoms with van der Waals surface area (Å²) in [6.07, 6.45) is 1.83. The van der Waals surface area contributed by atoms with E-state index in [2.05, 4.69) is 19.9 Å². The van der Waals surface area contributed by atoms with Gasteiger partial charge in [0.2, 0.25) is 5.88 Å². The lowest BCUT2D eigenvalue weighted by Crippen LogP contribution is -2.36. The molecule has 0 fully saturated rings. The molecule has 0 bridgehead atoms. The Morgan fingerprint density at radius 3 is 2.96 bits per heavy atom. The first-order valence-corrected chi connectivity index (χ1v) is 8.00. The summed E-state index contributed by atoms with van der Waals surface area (Å²) in [7, 11) is 1.51. The largest absolute Gasteiger partial charge is 0.481 e. The number of rotatable bonds is 4. The Balaban J connectivity index is 1.83. The fraction of sp³-hybridized carbons (Fsp3) is 0.471. The highest BCUT2D eigenvalue weighted by Gasteiger charge is 2.23. The number of aromatic amines is 1. The fourth-order valence-electron chi connectivity index (χ4n) is 2.92. The van der Waals surface area contributed by atoms with Crippen LogP contribution in [0.15, 0.2) is 17.1 Å². The molecule has 0 saturated carbocycles. The molecule has 6 nitrogen and oxygen atoms in total. The SMILES string of the molecule is COc1ncc(F)cc1CN1CCc2nc(C(C)C)[nH]c(=O)c2C1. The van der Waals surface area contributed by atoms with E-state index in [-0.39, 0.29) is 11.5 Å². The monoisotopic (exact) mass is 332 g/mol. The standard InChI is InChI=1S/C17H21FN4O2/c1-10(2)15-20-14-4-5-22(9-13(14)16(23)21-15)8-11-6-12(18)7-19-17(11)24-3/h6-7,10H,4-5,8-9H2,1-3H3,(H,20,21,23). The average Bonchev–Trinajstić information content (AvgIpc) is 2.55. The molecule has 0 aromatic carbocycles. The third kappa shape index (κ3) is 3.31. The van der Waals surface area contributed by atoms with Gasteiger partial charge in [-0.2, -0.15) is 0 Å². The second-order valence-corrected chi connectivity index (χ2v) is 6.31. The number of ether oxygens (including phenoxy) is 1. The van der Waals surface area contributed by atoms with E-state index in [1.165, 1.54) is 13.2 Å². The zero-order valence-electron chi connectivity index (χ0n) is 14.1. The normalized spacial score (nSPS) is 14.7. The molecule has 0 aliphatic carbocycles. The van der Waals surface area contributed by atoms with Crippen LogP contribution in [0.2, 0.25) is 0 Å². The predicted molar refractivity (Wildman–Crippen MR) is 87.5 cm³/mol. The predicted octanol–water partition coefficient (Wildman–Crippen LogP) is 1.99. The lowest BCUT2D eigenvalue weighted by Gasteiger charge is -2.28. The van der Waals surface area contributed by atoms with E-state index in [0.29, 0.717) is 36.5 Å². The Bertz CT molecular complexity index is 804. The summed E-state index contributed by atoms with van der Waals surface area (Å²) in [5.74, 6) is 0.917. The maximum Gasteiger partial charge on any atom is 0.255 e. The first-order valence-electron chi connectivity index (χ1n) is 8.00. The molecule has 0 amide bonds. The van der Waals surface area contributed by atoms with Crippen LogP contribution in [0.3, 0.4) is 0 Å². The summed E-state index contributed by atoms with van der Waals surface area (Å²) in [5.41, 5.74) is 2.14. The van der Waals surface area contributed by atoms with Crippen molar-refractivity contribution in [1.82, 2.24) is 19.9 Å². The number of fused-ring (bicyclic) bond motifs is 1. The molecular weight excluding hydrogens is 311 g/mol. The first kappa shape index (κ1) is 16.6. The maximum atomic E-state index is 13.5. The third-order valence-corrected chi connectivity index (χ3v) is 4.19.